The van der Waals surface area contributed by atoms with Crippen LogP contribution >= 0.6 is 0 Å². The van der Waals surface area contributed by atoms with Gasteiger partial charge >= 0.3 is 0 Å². The van der Waals surface area contributed by atoms with E-state index in [2.05, 4.69) is 25.6 Å². The highest BCUT2D eigenvalue weighted by atomic mass is 16.2. The van der Waals surface area contributed by atoms with Crippen LogP contribution in [0.1, 0.15) is 41.5 Å². The lowest BCUT2D eigenvalue weighted by atomic mass is 10.1. The molecule has 0 aliphatic carbocycles. The van der Waals surface area contributed by atoms with Gasteiger partial charge in [0.2, 0.25) is 5.91 Å². The lowest BCUT2D eigenvalue weighted by Crippen LogP contribution is -2.25. The summed E-state index contributed by atoms with van der Waals surface area (Å²) in [5.74, 6) is 0.613. The van der Waals surface area contributed by atoms with E-state index in [1.54, 1.807) is 24.5 Å². The van der Waals surface area contributed by atoms with Crippen molar-refractivity contribution in [3.05, 3.63) is 59.7 Å². The third-order valence-electron chi connectivity index (χ3n) is 4.14. The van der Waals surface area contributed by atoms with Crippen molar-refractivity contribution in [3.8, 4) is 0 Å². The smallest absolute Gasteiger partial charge is 0.251 e. The highest BCUT2D eigenvalue weighted by Gasteiger charge is 2.08. The number of carbonyl (C=O) groups excluding carboxylic acids is 2. The average Bonchev–Trinajstić information content (AvgIpc) is 3.12. The van der Waals surface area contributed by atoms with E-state index in [0.29, 0.717) is 31.5 Å². The summed E-state index contributed by atoms with van der Waals surface area (Å²) in [5.41, 5.74) is 3.21. The van der Waals surface area contributed by atoms with Crippen LogP contribution in [0.2, 0.25) is 0 Å². The first-order chi connectivity index (χ1) is 13.2. The molecule has 3 aromatic rings. The van der Waals surface area contributed by atoms with Gasteiger partial charge in [-0.1, -0.05) is 19.1 Å². The molecule has 3 N–H and O–H groups in total. The van der Waals surface area contributed by atoms with E-state index in [4.69, 9.17) is 0 Å². The van der Waals surface area contributed by atoms with Crippen molar-refractivity contribution in [2.75, 3.05) is 6.54 Å². The van der Waals surface area contributed by atoms with Crippen LogP contribution in [0.4, 0.5) is 0 Å². The lowest BCUT2D eigenvalue weighted by molar-refractivity contribution is -0.121. The quantitative estimate of drug-likeness (QED) is 0.570. The van der Waals surface area contributed by atoms with Gasteiger partial charge in [0.1, 0.15) is 5.82 Å². The van der Waals surface area contributed by atoms with Crippen molar-refractivity contribution in [3.63, 3.8) is 0 Å². The number of imidazole rings is 1. The lowest BCUT2D eigenvalue weighted by Gasteiger charge is -2.08. The molecule has 2 amide bonds. The number of fused-ring (bicyclic) bond motifs is 1. The van der Waals surface area contributed by atoms with Crippen molar-refractivity contribution >= 4 is 22.8 Å². The van der Waals surface area contributed by atoms with Crippen LogP contribution in [0.5, 0.6) is 0 Å². The highest BCUT2D eigenvalue weighted by Crippen LogP contribution is 2.10. The monoisotopic (exact) mass is 365 g/mol. The summed E-state index contributed by atoms with van der Waals surface area (Å²) in [6.45, 7) is 3.05. The Kier molecular flexibility index (Phi) is 6.14. The van der Waals surface area contributed by atoms with Crippen LogP contribution in [-0.2, 0) is 17.8 Å². The number of benzene rings is 1. The second-order valence-corrected chi connectivity index (χ2v) is 6.31. The van der Waals surface area contributed by atoms with Crippen molar-refractivity contribution in [1.82, 2.24) is 25.6 Å². The SMILES string of the molecule is CCCNC(=O)c1cccc(CNC(=O)CCc2nc3ccncc3[nH]2)c1. The summed E-state index contributed by atoms with van der Waals surface area (Å²) in [6.07, 6.45) is 5.17. The van der Waals surface area contributed by atoms with E-state index in [1.807, 2.05) is 25.1 Å². The minimum Gasteiger partial charge on any atom is -0.352 e. The molecule has 7 nitrogen and oxygen atoms in total. The topological polar surface area (TPSA) is 99.8 Å². The molecule has 2 aromatic heterocycles. The van der Waals surface area contributed by atoms with Crippen molar-refractivity contribution in [2.24, 2.45) is 0 Å². The van der Waals surface area contributed by atoms with E-state index < -0.39 is 0 Å². The summed E-state index contributed by atoms with van der Waals surface area (Å²) in [7, 11) is 0. The molecule has 0 fully saturated rings. The first-order valence-electron chi connectivity index (χ1n) is 9.08. The Labute approximate surface area is 157 Å². The zero-order valence-corrected chi connectivity index (χ0v) is 15.3. The standard InChI is InChI=1S/C20H23N5O2/c1-2-9-22-20(27)15-5-3-4-14(11-15)12-23-19(26)7-6-18-24-16-8-10-21-13-17(16)25-18/h3-5,8,10-11,13H,2,6-7,9,12H2,1H3,(H,22,27)(H,23,26)(H,24,25). The van der Waals surface area contributed by atoms with Gasteiger partial charge in [-0.15, -0.1) is 0 Å². The molecule has 0 aliphatic rings. The number of carbonyl (C=O) groups is 2. The maximum Gasteiger partial charge on any atom is 0.251 e. The molecule has 0 atom stereocenters. The van der Waals surface area contributed by atoms with E-state index in [0.717, 1.165) is 28.8 Å². The van der Waals surface area contributed by atoms with Crippen LogP contribution in [0.25, 0.3) is 11.0 Å². The number of aromatic nitrogens is 3. The first-order valence-corrected chi connectivity index (χ1v) is 9.08. The van der Waals surface area contributed by atoms with Crippen molar-refractivity contribution in [2.45, 2.75) is 32.7 Å². The third-order valence-corrected chi connectivity index (χ3v) is 4.14. The molecule has 0 unspecified atom stereocenters. The van der Waals surface area contributed by atoms with Gasteiger partial charge in [0.15, 0.2) is 0 Å². The van der Waals surface area contributed by atoms with Crippen LogP contribution in [0, 0.1) is 0 Å². The van der Waals surface area contributed by atoms with Crippen LogP contribution in [0.3, 0.4) is 0 Å². The average molecular weight is 365 g/mol. The molecule has 1 aromatic carbocycles. The molecular formula is C20H23N5O2. The summed E-state index contributed by atoms with van der Waals surface area (Å²) in [5, 5.41) is 5.74. The number of hydrogen-bond donors (Lipinski definition) is 3. The maximum absolute atomic E-state index is 12.1. The molecule has 0 spiro atoms. The van der Waals surface area contributed by atoms with E-state index in [9.17, 15) is 9.59 Å². The number of H-pyrrole nitrogens is 1. The van der Waals surface area contributed by atoms with Gasteiger partial charge in [0, 0.05) is 37.7 Å². The molecular weight excluding hydrogens is 342 g/mol. The second-order valence-electron chi connectivity index (χ2n) is 6.31. The van der Waals surface area contributed by atoms with Gasteiger partial charge in [-0.05, 0) is 30.2 Å². The summed E-state index contributed by atoms with van der Waals surface area (Å²) in [6, 6.07) is 9.12. The summed E-state index contributed by atoms with van der Waals surface area (Å²) >= 11 is 0. The Bertz CT molecular complexity index is 902. The Hall–Kier alpha value is -3.22. The van der Waals surface area contributed by atoms with Crippen LogP contribution in [-0.4, -0.2) is 33.3 Å². The molecule has 7 heteroatoms. The number of rotatable bonds is 8. The van der Waals surface area contributed by atoms with Crippen LogP contribution in [0.15, 0.2) is 42.7 Å². The summed E-state index contributed by atoms with van der Waals surface area (Å²) in [4.78, 5) is 35.8. The predicted molar refractivity (Wildman–Crippen MR) is 103 cm³/mol. The van der Waals surface area contributed by atoms with Crippen LogP contribution < -0.4 is 10.6 Å². The number of aryl methyl sites for hydroxylation is 1. The Morgan fingerprint density at radius 1 is 1.19 bits per heavy atom. The molecule has 2 heterocycles. The number of amides is 2. The normalized spacial score (nSPS) is 10.7. The van der Waals surface area contributed by atoms with Crippen molar-refractivity contribution < 1.29 is 9.59 Å². The second kappa shape index (κ2) is 8.93. The highest BCUT2D eigenvalue weighted by molar-refractivity contribution is 5.94. The molecule has 140 valence electrons. The molecule has 3 rings (SSSR count). The third kappa shape index (κ3) is 5.13. The van der Waals surface area contributed by atoms with E-state index in [1.165, 1.54) is 0 Å². The molecule has 27 heavy (non-hydrogen) atoms. The Morgan fingerprint density at radius 3 is 2.89 bits per heavy atom. The Morgan fingerprint density at radius 2 is 2.07 bits per heavy atom. The minimum atomic E-state index is -0.0931. The van der Waals surface area contributed by atoms with Gasteiger partial charge in [0.25, 0.3) is 5.91 Å². The van der Waals surface area contributed by atoms with Gasteiger partial charge < -0.3 is 15.6 Å². The molecule has 0 bridgehead atoms. The number of nitrogens with one attached hydrogen (secondary N) is 3. The first kappa shape index (κ1) is 18.6. The van der Waals surface area contributed by atoms with E-state index in [-0.39, 0.29) is 11.8 Å². The largest absolute Gasteiger partial charge is 0.352 e. The fourth-order valence-corrected chi connectivity index (χ4v) is 2.71. The summed E-state index contributed by atoms with van der Waals surface area (Å²) < 4.78 is 0. The zero-order chi connectivity index (χ0) is 19.1. The number of pyridine rings is 1. The Balaban J connectivity index is 1.49. The molecule has 0 radical (unpaired) electrons. The van der Waals surface area contributed by atoms with Gasteiger partial charge in [-0.25, -0.2) is 4.98 Å². The number of hydrogen-bond acceptors (Lipinski definition) is 4. The van der Waals surface area contributed by atoms with Gasteiger partial charge in [-0.2, -0.15) is 0 Å². The number of aromatic amines is 1. The van der Waals surface area contributed by atoms with E-state index >= 15 is 0 Å². The number of nitrogens with zero attached hydrogens (tertiary/aromatic N) is 2. The minimum absolute atomic E-state index is 0.0607. The van der Waals surface area contributed by atoms with Gasteiger partial charge in [-0.3, -0.25) is 14.6 Å². The maximum atomic E-state index is 12.1. The van der Waals surface area contributed by atoms with Crippen molar-refractivity contribution in [1.29, 1.82) is 0 Å². The zero-order valence-electron chi connectivity index (χ0n) is 15.3. The predicted octanol–water partition coefficient (Wildman–Crippen LogP) is 2.35. The fourth-order valence-electron chi connectivity index (χ4n) is 2.71. The molecule has 0 saturated carbocycles. The molecule has 0 saturated heterocycles. The fraction of sp³-hybridized carbons (Fsp3) is 0.300. The molecule has 0 aliphatic heterocycles. The van der Waals surface area contributed by atoms with Gasteiger partial charge in [0.05, 0.1) is 17.2 Å².